The van der Waals surface area contributed by atoms with Gasteiger partial charge in [-0.25, -0.2) is 0 Å². The Morgan fingerprint density at radius 3 is 2.63 bits per heavy atom. The van der Waals surface area contributed by atoms with E-state index in [4.69, 9.17) is 0 Å². The molecular weight excluding hydrogens is 300 g/mol. The molecule has 2 rings (SSSR count). The van der Waals surface area contributed by atoms with Crippen LogP contribution in [-0.2, 0) is 0 Å². The average molecular weight is 325 g/mol. The van der Waals surface area contributed by atoms with Gasteiger partial charge in [-0.05, 0) is 51.5 Å². The lowest BCUT2D eigenvalue weighted by Crippen LogP contribution is -2.32. The summed E-state index contributed by atoms with van der Waals surface area (Å²) in [6, 6.07) is 9.77. The van der Waals surface area contributed by atoms with E-state index in [0.29, 0.717) is 6.04 Å². The third kappa shape index (κ3) is 4.04. The number of hydrogen-bond acceptors (Lipinski definition) is 2. The Morgan fingerprint density at radius 2 is 2.00 bits per heavy atom. The Labute approximate surface area is 125 Å². The first-order valence-corrected chi connectivity index (χ1v) is 8.13. The van der Waals surface area contributed by atoms with E-state index in [0.717, 1.165) is 19.0 Å². The zero-order chi connectivity index (χ0) is 13.7. The summed E-state index contributed by atoms with van der Waals surface area (Å²) in [5.74, 6) is 0. The third-order valence-electron chi connectivity index (χ3n) is 4.35. The quantitative estimate of drug-likeness (QED) is 0.851. The molecule has 0 aromatic heterocycles. The maximum atomic E-state index is 3.66. The average Bonchev–Trinajstić information content (AvgIpc) is 2.95. The van der Waals surface area contributed by atoms with Gasteiger partial charge in [0.15, 0.2) is 0 Å². The number of nitrogens with one attached hydrogen (secondary N) is 1. The van der Waals surface area contributed by atoms with Gasteiger partial charge < -0.3 is 10.2 Å². The van der Waals surface area contributed by atoms with Crippen LogP contribution in [0.1, 0.15) is 43.7 Å². The fourth-order valence-corrected chi connectivity index (χ4v) is 3.63. The second-order valence-electron chi connectivity index (χ2n) is 5.57. The molecule has 1 aliphatic carbocycles. The fourth-order valence-electron chi connectivity index (χ4n) is 3.07. The van der Waals surface area contributed by atoms with E-state index in [9.17, 15) is 0 Å². The molecule has 2 nitrogen and oxygen atoms in total. The van der Waals surface area contributed by atoms with Crippen molar-refractivity contribution in [2.45, 2.75) is 44.2 Å². The highest BCUT2D eigenvalue weighted by Gasteiger charge is 2.20. The van der Waals surface area contributed by atoms with Gasteiger partial charge in [0.05, 0.1) is 0 Å². The van der Waals surface area contributed by atoms with Crippen molar-refractivity contribution < 1.29 is 0 Å². The van der Waals surface area contributed by atoms with Crippen LogP contribution in [0.25, 0.3) is 0 Å². The zero-order valence-electron chi connectivity index (χ0n) is 12.0. The van der Waals surface area contributed by atoms with Gasteiger partial charge in [-0.2, -0.15) is 0 Å². The molecule has 19 heavy (non-hydrogen) atoms. The normalized spacial score (nSPS) is 18.1. The standard InChI is InChI=1S/C16H25BrN2/c1-18-16(14-9-5-6-10-15(14)17)11-12-19(2)13-7-3-4-8-13/h5-6,9-10,13,16,18H,3-4,7-8,11-12H2,1-2H3. The van der Waals surface area contributed by atoms with Crippen LogP contribution in [0.3, 0.4) is 0 Å². The van der Waals surface area contributed by atoms with Crippen molar-refractivity contribution in [3.8, 4) is 0 Å². The van der Waals surface area contributed by atoms with E-state index in [1.54, 1.807) is 0 Å². The van der Waals surface area contributed by atoms with Crippen molar-refractivity contribution in [1.29, 1.82) is 0 Å². The summed E-state index contributed by atoms with van der Waals surface area (Å²) in [7, 11) is 4.34. The molecule has 1 N–H and O–H groups in total. The van der Waals surface area contributed by atoms with Crippen molar-refractivity contribution in [3.63, 3.8) is 0 Å². The van der Waals surface area contributed by atoms with E-state index in [2.05, 4.69) is 64.5 Å². The molecule has 106 valence electrons. The molecule has 0 spiro atoms. The van der Waals surface area contributed by atoms with Crippen LogP contribution in [0.2, 0.25) is 0 Å². The lowest BCUT2D eigenvalue weighted by atomic mass is 10.0. The summed E-state index contributed by atoms with van der Waals surface area (Å²) in [6.45, 7) is 1.16. The summed E-state index contributed by atoms with van der Waals surface area (Å²) >= 11 is 3.66. The third-order valence-corrected chi connectivity index (χ3v) is 5.07. The highest BCUT2D eigenvalue weighted by atomic mass is 79.9. The second-order valence-corrected chi connectivity index (χ2v) is 6.42. The van der Waals surface area contributed by atoms with Gasteiger partial charge in [-0.3, -0.25) is 0 Å². The zero-order valence-corrected chi connectivity index (χ0v) is 13.6. The minimum Gasteiger partial charge on any atom is -0.313 e. The molecule has 1 aliphatic rings. The largest absolute Gasteiger partial charge is 0.313 e. The predicted molar refractivity (Wildman–Crippen MR) is 85.4 cm³/mol. The maximum absolute atomic E-state index is 3.66. The summed E-state index contributed by atoms with van der Waals surface area (Å²) in [5, 5.41) is 3.45. The molecule has 1 atom stereocenters. The maximum Gasteiger partial charge on any atom is 0.0340 e. The SMILES string of the molecule is CNC(CCN(C)C1CCCC1)c1ccccc1Br. The Bertz CT molecular complexity index is 388. The van der Waals surface area contributed by atoms with E-state index < -0.39 is 0 Å². The van der Waals surface area contributed by atoms with Crippen LogP contribution in [0, 0.1) is 0 Å². The summed E-state index contributed by atoms with van der Waals surface area (Å²) in [6.07, 6.45) is 6.75. The molecule has 0 aliphatic heterocycles. The fraction of sp³-hybridized carbons (Fsp3) is 0.625. The van der Waals surface area contributed by atoms with Gasteiger partial charge >= 0.3 is 0 Å². The molecule has 1 aromatic rings. The monoisotopic (exact) mass is 324 g/mol. The van der Waals surface area contributed by atoms with Gasteiger partial charge in [0, 0.05) is 16.6 Å². The molecule has 0 radical (unpaired) electrons. The number of halogens is 1. The van der Waals surface area contributed by atoms with Gasteiger partial charge in [0.2, 0.25) is 0 Å². The first kappa shape index (κ1) is 15.0. The molecular formula is C16H25BrN2. The van der Waals surface area contributed by atoms with E-state index in [1.165, 1.54) is 35.7 Å². The van der Waals surface area contributed by atoms with Gasteiger partial charge in [-0.15, -0.1) is 0 Å². The van der Waals surface area contributed by atoms with Crippen molar-refractivity contribution in [2.24, 2.45) is 0 Å². The number of rotatable bonds is 6. The Morgan fingerprint density at radius 1 is 1.32 bits per heavy atom. The van der Waals surface area contributed by atoms with E-state index in [1.807, 2.05) is 0 Å². The van der Waals surface area contributed by atoms with Crippen LogP contribution in [0.4, 0.5) is 0 Å². The van der Waals surface area contributed by atoms with Crippen LogP contribution < -0.4 is 5.32 Å². The lowest BCUT2D eigenvalue weighted by Gasteiger charge is -2.27. The number of benzene rings is 1. The second kappa shape index (κ2) is 7.41. The Hall–Kier alpha value is -0.380. The van der Waals surface area contributed by atoms with E-state index in [-0.39, 0.29) is 0 Å². The summed E-state index contributed by atoms with van der Waals surface area (Å²) in [5.41, 5.74) is 1.37. The van der Waals surface area contributed by atoms with Crippen molar-refractivity contribution in [2.75, 3.05) is 20.6 Å². The summed E-state index contributed by atoms with van der Waals surface area (Å²) < 4.78 is 1.21. The molecule has 0 heterocycles. The molecule has 1 saturated carbocycles. The van der Waals surface area contributed by atoms with Gasteiger partial charge in [0.25, 0.3) is 0 Å². The minimum atomic E-state index is 0.430. The van der Waals surface area contributed by atoms with Gasteiger partial charge in [0.1, 0.15) is 0 Å². The molecule has 1 fully saturated rings. The molecule has 1 aromatic carbocycles. The topological polar surface area (TPSA) is 15.3 Å². The van der Waals surface area contributed by atoms with Crippen LogP contribution >= 0.6 is 15.9 Å². The molecule has 3 heteroatoms. The molecule has 1 unspecified atom stereocenters. The molecule has 0 saturated heterocycles. The smallest absolute Gasteiger partial charge is 0.0340 e. The molecule has 0 amide bonds. The van der Waals surface area contributed by atoms with Crippen molar-refractivity contribution in [3.05, 3.63) is 34.3 Å². The van der Waals surface area contributed by atoms with Crippen molar-refractivity contribution in [1.82, 2.24) is 10.2 Å². The highest BCUT2D eigenvalue weighted by molar-refractivity contribution is 9.10. The van der Waals surface area contributed by atoms with E-state index >= 15 is 0 Å². The highest BCUT2D eigenvalue weighted by Crippen LogP contribution is 2.27. The molecule has 0 bridgehead atoms. The lowest BCUT2D eigenvalue weighted by molar-refractivity contribution is 0.233. The van der Waals surface area contributed by atoms with Crippen LogP contribution in [0.5, 0.6) is 0 Å². The summed E-state index contributed by atoms with van der Waals surface area (Å²) in [4.78, 5) is 2.55. The van der Waals surface area contributed by atoms with Crippen LogP contribution in [-0.4, -0.2) is 31.6 Å². The Balaban J connectivity index is 1.90. The van der Waals surface area contributed by atoms with Gasteiger partial charge in [-0.1, -0.05) is 47.0 Å². The number of hydrogen-bond donors (Lipinski definition) is 1. The van der Waals surface area contributed by atoms with Crippen molar-refractivity contribution >= 4 is 15.9 Å². The number of nitrogens with zero attached hydrogens (tertiary/aromatic N) is 1. The predicted octanol–water partition coefficient (Wildman–Crippen LogP) is 3.97. The van der Waals surface area contributed by atoms with Crippen LogP contribution in [0.15, 0.2) is 28.7 Å². The Kier molecular flexibility index (Phi) is 5.86. The first-order chi connectivity index (χ1) is 9.22. The first-order valence-electron chi connectivity index (χ1n) is 7.34. The minimum absolute atomic E-state index is 0.430.